The number of carbonyl (C=O) groups excluding carboxylic acids is 1. The van der Waals surface area contributed by atoms with Gasteiger partial charge < -0.3 is 14.5 Å². The fourth-order valence-corrected chi connectivity index (χ4v) is 4.69. The van der Waals surface area contributed by atoms with Crippen molar-refractivity contribution in [2.75, 3.05) is 39.3 Å². The van der Waals surface area contributed by atoms with Crippen LogP contribution in [0.2, 0.25) is 5.02 Å². The van der Waals surface area contributed by atoms with Crippen molar-refractivity contribution < 1.29 is 9.53 Å². The Morgan fingerprint density at radius 1 is 0.900 bits per heavy atom. The number of carbonyl (C=O) groups is 1. The number of amides is 1. The van der Waals surface area contributed by atoms with Crippen LogP contribution in [0.25, 0.3) is 0 Å². The van der Waals surface area contributed by atoms with Crippen molar-refractivity contribution in [3.63, 3.8) is 0 Å². The highest BCUT2D eigenvalue weighted by atomic mass is 35.5. The maximum atomic E-state index is 12.7. The van der Waals surface area contributed by atoms with Crippen LogP contribution in [-0.4, -0.2) is 55.0 Å². The number of halogens is 1. The highest BCUT2D eigenvalue weighted by Gasteiger charge is 2.23. The van der Waals surface area contributed by atoms with Crippen LogP contribution < -0.4 is 4.74 Å². The molecule has 1 saturated heterocycles. The fraction of sp³-hybridized carbons (Fsp3) is 0.480. The average Bonchev–Trinajstić information content (AvgIpc) is 2.94. The third-order valence-corrected chi connectivity index (χ3v) is 6.61. The maximum Gasteiger partial charge on any atom is 0.257 e. The van der Waals surface area contributed by atoms with Gasteiger partial charge >= 0.3 is 0 Å². The highest BCUT2D eigenvalue weighted by molar-refractivity contribution is 6.30. The number of likely N-dealkylation sites (tertiary alicyclic amines) is 1. The van der Waals surface area contributed by atoms with Gasteiger partial charge in [0.1, 0.15) is 12.4 Å². The molecular weight excluding hydrogens is 396 g/mol. The zero-order valence-corrected chi connectivity index (χ0v) is 18.3. The second kappa shape index (κ2) is 10.3. The zero-order valence-electron chi connectivity index (χ0n) is 17.6. The lowest BCUT2D eigenvalue weighted by Gasteiger charge is -2.32. The number of nitrogens with zero attached hydrogens (tertiary/aromatic N) is 2. The van der Waals surface area contributed by atoms with Gasteiger partial charge in [0.05, 0.1) is 12.1 Å². The molecule has 0 aromatic heterocycles. The van der Waals surface area contributed by atoms with E-state index in [9.17, 15) is 4.79 Å². The Morgan fingerprint density at radius 2 is 1.63 bits per heavy atom. The molecule has 2 aliphatic heterocycles. The van der Waals surface area contributed by atoms with Crippen molar-refractivity contribution in [1.29, 1.82) is 0 Å². The number of piperidine rings is 1. The summed E-state index contributed by atoms with van der Waals surface area (Å²) in [5, 5.41) is 0.815. The Hall–Kier alpha value is -2.04. The average molecular weight is 427 g/mol. The molecule has 0 bridgehead atoms. The van der Waals surface area contributed by atoms with Crippen LogP contribution in [0.4, 0.5) is 0 Å². The Balaban J connectivity index is 1.14. The van der Waals surface area contributed by atoms with Crippen molar-refractivity contribution in [3.8, 4) is 5.75 Å². The third kappa shape index (κ3) is 5.35. The number of hydrogen-bond donors (Lipinski definition) is 0. The van der Waals surface area contributed by atoms with E-state index in [1.54, 1.807) is 0 Å². The monoisotopic (exact) mass is 426 g/mol. The van der Waals surface area contributed by atoms with Gasteiger partial charge in [-0.2, -0.15) is 0 Å². The van der Waals surface area contributed by atoms with Gasteiger partial charge in [0.2, 0.25) is 0 Å². The summed E-state index contributed by atoms with van der Waals surface area (Å²) in [5.41, 5.74) is 2.12. The van der Waals surface area contributed by atoms with Gasteiger partial charge in [-0.3, -0.25) is 4.79 Å². The van der Waals surface area contributed by atoms with Crippen molar-refractivity contribution in [2.24, 2.45) is 0 Å². The van der Waals surface area contributed by atoms with Gasteiger partial charge in [0.25, 0.3) is 5.91 Å². The Bertz CT molecular complexity index is 831. The standard InChI is InChI=1S/C25H31ClN2O2/c26-22-10-8-20(9-11-22)21-12-16-27(17-13-21)14-4-1-5-15-28-18-19-30-24-7-3-2-6-23(24)25(28)29/h2-3,6-11,21H,1,4-5,12-19H2. The molecule has 1 amide bonds. The first-order chi connectivity index (χ1) is 14.7. The van der Waals surface area contributed by atoms with Crippen LogP contribution >= 0.6 is 11.6 Å². The molecule has 0 radical (unpaired) electrons. The maximum absolute atomic E-state index is 12.7. The fourth-order valence-electron chi connectivity index (χ4n) is 4.56. The lowest BCUT2D eigenvalue weighted by atomic mass is 9.89. The van der Waals surface area contributed by atoms with Crippen molar-refractivity contribution >= 4 is 17.5 Å². The van der Waals surface area contributed by atoms with Gasteiger partial charge in [0, 0.05) is 11.6 Å². The normalized spacial score (nSPS) is 18.0. The first kappa shape index (κ1) is 21.2. The molecule has 0 saturated carbocycles. The number of rotatable bonds is 7. The van der Waals surface area contributed by atoms with Crippen LogP contribution in [0, 0.1) is 0 Å². The number of fused-ring (bicyclic) bond motifs is 1. The molecule has 30 heavy (non-hydrogen) atoms. The summed E-state index contributed by atoms with van der Waals surface area (Å²) in [5.74, 6) is 1.48. The zero-order chi connectivity index (χ0) is 20.8. The van der Waals surface area contributed by atoms with Crippen LogP contribution in [0.5, 0.6) is 5.75 Å². The van der Waals surface area contributed by atoms with Gasteiger partial charge in [-0.05, 0) is 81.1 Å². The van der Waals surface area contributed by atoms with E-state index in [0.29, 0.717) is 30.4 Å². The van der Waals surface area contributed by atoms with Gasteiger partial charge in [-0.15, -0.1) is 0 Å². The van der Waals surface area contributed by atoms with E-state index < -0.39 is 0 Å². The molecule has 0 spiro atoms. The van der Waals surface area contributed by atoms with E-state index in [-0.39, 0.29) is 5.91 Å². The van der Waals surface area contributed by atoms with E-state index >= 15 is 0 Å². The van der Waals surface area contributed by atoms with Crippen molar-refractivity contribution in [1.82, 2.24) is 9.80 Å². The summed E-state index contributed by atoms with van der Waals surface area (Å²) < 4.78 is 5.73. The SMILES string of the molecule is O=C1c2ccccc2OCCN1CCCCCN1CCC(c2ccc(Cl)cc2)CC1. The summed E-state index contributed by atoms with van der Waals surface area (Å²) in [7, 11) is 0. The van der Waals surface area contributed by atoms with E-state index in [4.69, 9.17) is 16.3 Å². The molecule has 1 fully saturated rings. The van der Waals surface area contributed by atoms with Crippen LogP contribution in [0.3, 0.4) is 0 Å². The van der Waals surface area contributed by atoms with Crippen LogP contribution in [0.15, 0.2) is 48.5 Å². The van der Waals surface area contributed by atoms with Crippen molar-refractivity contribution in [2.45, 2.75) is 38.0 Å². The Morgan fingerprint density at radius 3 is 2.43 bits per heavy atom. The van der Waals surface area contributed by atoms with Crippen molar-refractivity contribution in [3.05, 3.63) is 64.7 Å². The van der Waals surface area contributed by atoms with E-state index in [1.807, 2.05) is 41.3 Å². The topological polar surface area (TPSA) is 32.8 Å². The van der Waals surface area contributed by atoms with Crippen LogP contribution in [0.1, 0.15) is 53.9 Å². The predicted molar refractivity (Wildman–Crippen MR) is 122 cm³/mol. The minimum Gasteiger partial charge on any atom is -0.491 e. The Kier molecular flexibility index (Phi) is 7.29. The molecule has 5 heteroatoms. The third-order valence-electron chi connectivity index (χ3n) is 6.35. The van der Waals surface area contributed by atoms with E-state index in [0.717, 1.165) is 31.0 Å². The lowest BCUT2D eigenvalue weighted by molar-refractivity contribution is 0.0752. The van der Waals surface area contributed by atoms with E-state index in [2.05, 4.69) is 17.0 Å². The van der Waals surface area contributed by atoms with Gasteiger partial charge in [-0.25, -0.2) is 0 Å². The second-order valence-corrected chi connectivity index (χ2v) is 8.80. The lowest BCUT2D eigenvalue weighted by Crippen LogP contribution is -2.34. The first-order valence-corrected chi connectivity index (χ1v) is 11.6. The van der Waals surface area contributed by atoms with E-state index in [1.165, 1.54) is 37.9 Å². The summed E-state index contributed by atoms with van der Waals surface area (Å²) in [4.78, 5) is 17.3. The number of para-hydroxylation sites is 1. The second-order valence-electron chi connectivity index (χ2n) is 8.36. The van der Waals surface area contributed by atoms with Gasteiger partial charge in [0.15, 0.2) is 0 Å². The number of benzene rings is 2. The minimum absolute atomic E-state index is 0.104. The largest absolute Gasteiger partial charge is 0.491 e. The van der Waals surface area contributed by atoms with Crippen LogP contribution in [-0.2, 0) is 0 Å². The smallest absolute Gasteiger partial charge is 0.257 e. The Labute approximate surface area is 184 Å². The molecule has 2 heterocycles. The molecule has 160 valence electrons. The summed E-state index contributed by atoms with van der Waals surface area (Å²) in [6.07, 6.45) is 5.85. The molecule has 4 nitrogen and oxygen atoms in total. The molecule has 0 unspecified atom stereocenters. The summed E-state index contributed by atoms with van der Waals surface area (Å²) in [6.45, 7) is 5.57. The minimum atomic E-state index is 0.104. The predicted octanol–water partition coefficient (Wildman–Crippen LogP) is 5.22. The first-order valence-electron chi connectivity index (χ1n) is 11.2. The molecular formula is C25H31ClN2O2. The number of ether oxygens (including phenoxy) is 1. The molecule has 0 N–H and O–H groups in total. The molecule has 2 aromatic rings. The summed E-state index contributed by atoms with van der Waals surface area (Å²) >= 11 is 6.01. The summed E-state index contributed by atoms with van der Waals surface area (Å²) in [6, 6.07) is 15.9. The highest BCUT2D eigenvalue weighted by Crippen LogP contribution is 2.29. The molecule has 2 aromatic carbocycles. The molecule has 2 aliphatic rings. The molecule has 4 rings (SSSR count). The quantitative estimate of drug-likeness (QED) is 0.568. The number of hydrogen-bond acceptors (Lipinski definition) is 3. The molecule has 0 atom stereocenters. The number of unbranched alkanes of at least 4 members (excludes halogenated alkanes) is 2. The van der Waals surface area contributed by atoms with Gasteiger partial charge in [-0.1, -0.05) is 42.3 Å². The molecule has 0 aliphatic carbocycles.